The molecule has 1 aromatic rings. The van der Waals surface area contributed by atoms with Crippen LogP contribution < -0.4 is 5.73 Å². The van der Waals surface area contributed by atoms with Gasteiger partial charge in [0.2, 0.25) is 0 Å². The molecule has 0 radical (unpaired) electrons. The van der Waals surface area contributed by atoms with E-state index in [0.717, 1.165) is 5.69 Å². The van der Waals surface area contributed by atoms with Crippen molar-refractivity contribution in [2.75, 3.05) is 19.6 Å². The standard InChI is InChI=1S/C11H17F2N3O/c1-8-10(17-7-15-8)9(6-14)16-4-2-11(12,13)3-5-16/h7,9H,2-6,14H2,1H3. The van der Waals surface area contributed by atoms with Crippen molar-refractivity contribution in [2.45, 2.75) is 31.7 Å². The quantitative estimate of drug-likeness (QED) is 0.880. The van der Waals surface area contributed by atoms with Gasteiger partial charge < -0.3 is 10.2 Å². The lowest BCUT2D eigenvalue weighted by Crippen LogP contribution is -2.43. The van der Waals surface area contributed by atoms with Gasteiger partial charge in [0, 0.05) is 32.5 Å². The topological polar surface area (TPSA) is 55.3 Å². The lowest BCUT2D eigenvalue weighted by molar-refractivity contribution is -0.0642. The Balaban J connectivity index is 2.08. The van der Waals surface area contributed by atoms with Gasteiger partial charge in [-0.05, 0) is 6.92 Å². The van der Waals surface area contributed by atoms with Crippen molar-refractivity contribution in [2.24, 2.45) is 5.73 Å². The molecule has 1 aliphatic rings. The van der Waals surface area contributed by atoms with E-state index >= 15 is 0 Å². The summed E-state index contributed by atoms with van der Waals surface area (Å²) >= 11 is 0. The van der Waals surface area contributed by atoms with Gasteiger partial charge in [-0.1, -0.05) is 0 Å². The number of hydrogen-bond donors (Lipinski definition) is 1. The lowest BCUT2D eigenvalue weighted by Gasteiger charge is -2.36. The first-order valence-corrected chi connectivity index (χ1v) is 5.75. The summed E-state index contributed by atoms with van der Waals surface area (Å²) in [6, 6.07) is -0.145. The number of aromatic nitrogens is 1. The molecule has 0 aliphatic carbocycles. The van der Waals surface area contributed by atoms with Crippen LogP contribution in [-0.4, -0.2) is 35.4 Å². The summed E-state index contributed by atoms with van der Waals surface area (Å²) < 4.78 is 31.4. The summed E-state index contributed by atoms with van der Waals surface area (Å²) in [5.41, 5.74) is 6.49. The molecule has 2 heterocycles. The molecule has 17 heavy (non-hydrogen) atoms. The van der Waals surface area contributed by atoms with Gasteiger partial charge in [0.15, 0.2) is 6.39 Å². The van der Waals surface area contributed by atoms with E-state index in [1.54, 1.807) is 0 Å². The van der Waals surface area contributed by atoms with Gasteiger partial charge in [-0.2, -0.15) is 0 Å². The first-order chi connectivity index (χ1) is 8.03. The summed E-state index contributed by atoms with van der Waals surface area (Å²) in [6.45, 7) is 2.87. The van der Waals surface area contributed by atoms with Gasteiger partial charge in [0.1, 0.15) is 5.76 Å². The van der Waals surface area contributed by atoms with E-state index in [0.29, 0.717) is 25.4 Å². The number of rotatable bonds is 3. The maximum atomic E-state index is 13.1. The maximum Gasteiger partial charge on any atom is 0.250 e. The third-order valence-corrected chi connectivity index (χ3v) is 3.28. The Morgan fingerprint density at radius 3 is 2.65 bits per heavy atom. The molecule has 1 aliphatic heterocycles. The number of piperidine rings is 1. The van der Waals surface area contributed by atoms with E-state index in [2.05, 4.69) is 4.98 Å². The molecule has 1 atom stereocenters. The second-order valence-corrected chi connectivity index (χ2v) is 4.45. The highest BCUT2D eigenvalue weighted by Gasteiger charge is 2.37. The van der Waals surface area contributed by atoms with Crippen LogP contribution in [-0.2, 0) is 0 Å². The highest BCUT2D eigenvalue weighted by molar-refractivity contribution is 5.11. The minimum absolute atomic E-state index is 0.114. The molecular formula is C11H17F2N3O. The summed E-state index contributed by atoms with van der Waals surface area (Å²) in [4.78, 5) is 5.96. The minimum Gasteiger partial charge on any atom is -0.446 e. The molecule has 0 spiro atoms. The lowest BCUT2D eigenvalue weighted by atomic mass is 10.0. The monoisotopic (exact) mass is 245 g/mol. The van der Waals surface area contributed by atoms with Crippen LogP contribution in [0.15, 0.2) is 10.8 Å². The summed E-state index contributed by atoms with van der Waals surface area (Å²) in [6.07, 6.45) is 1.14. The number of halogens is 2. The third kappa shape index (κ3) is 2.63. The molecule has 4 nitrogen and oxygen atoms in total. The first-order valence-electron chi connectivity index (χ1n) is 5.75. The van der Waals surface area contributed by atoms with Crippen LogP contribution in [0.5, 0.6) is 0 Å². The highest BCUT2D eigenvalue weighted by Crippen LogP contribution is 2.32. The van der Waals surface area contributed by atoms with Crippen LogP contribution >= 0.6 is 0 Å². The summed E-state index contributed by atoms with van der Waals surface area (Å²) in [7, 11) is 0. The van der Waals surface area contributed by atoms with Gasteiger partial charge >= 0.3 is 0 Å². The fourth-order valence-electron chi connectivity index (χ4n) is 2.22. The van der Waals surface area contributed by atoms with Crippen molar-refractivity contribution in [3.8, 4) is 0 Å². The number of likely N-dealkylation sites (tertiary alicyclic amines) is 1. The highest BCUT2D eigenvalue weighted by atomic mass is 19.3. The van der Waals surface area contributed by atoms with E-state index in [1.807, 2.05) is 11.8 Å². The van der Waals surface area contributed by atoms with Gasteiger partial charge in [-0.25, -0.2) is 13.8 Å². The molecule has 1 aromatic heterocycles. The molecule has 0 saturated carbocycles. The zero-order valence-electron chi connectivity index (χ0n) is 9.83. The molecule has 0 bridgehead atoms. The number of hydrogen-bond acceptors (Lipinski definition) is 4. The van der Waals surface area contributed by atoms with E-state index in [9.17, 15) is 8.78 Å². The van der Waals surface area contributed by atoms with E-state index in [-0.39, 0.29) is 18.9 Å². The normalized spacial score (nSPS) is 22.6. The van der Waals surface area contributed by atoms with Crippen LogP contribution in [0.25, 0.3) is 0 Å². The number of oxazole rings is 1. The molecule has 6 heteroatoms. The molecule has 96 valence electrons. The Labute approximate surface area is 98.8 Å². The van der Waals surface area contributed by atoms with Crippen LogP contribution in [0.3, 0.4) is 0 Å². The van der Waals surface area contributed by atoms with Gasteiger partial charge in [0.25, 0.3) is 5.92 Å². The number of nitrogens with two attached hydrogens (primary N) is 1. The Kier molecular flexibility index (Phi) is 3.44. The van der Waals surface area contributed by atoms with Crippen molar-refractivity contribution in [1.29, 1.82) is 0 Å². The Hall–Kier alpha value is -1.01. The molecule has 0 amide bonds. The summed E-state index contributed by atoms with van der Waals surface area (Å²) in [5.74, 6) is -1.84. The zero-order valence-corrected chi connectivity index (χ0v) is 9.83. The molecule has 1 fully saturated rings. The first kappa shape index (κ1) is 12.4. The average Bonchev–Trinajstić information content (AvgIpc) is 2.69. The number of nitrogens with zero attached hydrogens (tertiary/aromatic N) is 2. The van der Waals surface area contributed by atoms with Crippen molar-refractivity contribution in [1.82, 2.24) is 9.88 Å². The van der Waals surface area contributed by atoms with Crippen LogP contribution in [0.1, 0.15) is 30.3 Å². The smallest absolute Gasteiger partial charge is 0.250 e. The summed E-state index contributed by atoms with van der Waals surface area (Å²) in [5, 5.41) is 0. The van der Waals surface area contributed by atoms with Crippen molar-refractivity contribution < 1.29 is 13.2 Å². The van der Waals surface area contributed by atoms with E-state index in [1.165, 1.54) is 6.39 Å². The van der Waals surface area contributed by atoms with Crippen molar-refractivity contribution >= 4 is 0 Å². The third-order valence-electron chi connectivity index (χ3n) is 3.28. The fraction of sp³-hybridized carbons (Fsp3) is 0.727. The van der Waals surface area contributed by atoms with Crippen molar-refractivity contribution in [3.63, 3.8) is 0 Å². The zero-order chi connectivity index (χ0) is 12.5. The van der Waals surface area contributed by atoms with E-state index < -0.39 is 5.92 Å². The second kappa shape index (κ2) is 4.70. The van der Waals surface area contributed by atoms with E-state index in [4.69, 9.17) is 10.2 Å². The fourth-order valence-corrected chi connectivity index (χ4v) is 2.22. The predicted molar refractivity (Wildman–Crippen MR) is 58.8 cm³/mol. The Morgan fingerprint density at radius 1 is 1.53 bits per heavy atom. The van der Waals surface area contributed by atoms with Gasteiger partial charge in [-0.3, -0.25) is 4.90 Å². The van der Waals surface area contributed by atoms with Crippen LogP contribution in [0.2, 0.25) is 0 Å². The largest absolute Gasteiger partial charge is 0.446 e. The SMILES string of the molecule is Cc1ncoc1C(CN)N1CCC(F)(F)CC1. The number of alkyl halides is 2. The average molecular weight is 245 g/mol. The second-order valence-electron chi connectivity index (χ2n) is 4.45. The van der Waals surface area contributed by atoms with Gasteiger partial charge in [0.05, 0.1) is 11.7 Å². The maximum absolute atomic E-state index is 13.1. The minimum atomic E-state index is -2.54. The van der Waals surface area contributed by atoms with Crippen LogP contribution in [0.4, 0.5) is 8.78 Å². The van der Waals surface area contributed by atoms with Crippen LogP contribution in [0, 0.1) is 6.92 Å². The molecule has 2 rings (SSSR count). The molecule has 0 aromatic carbocycles. The molecule has 1 saturated heterocycles. The van der Waals surface area contributed by atoms with Crippen molar-refractivity contribution in [3.05, 3.63) is 17.8 Å². The Morgan fingerprint density at radius 2 is 2.18 bits per heavy atom. The number of aryl methyl sites for hydroxylation is 1. The predicted octanol–water partition coefficient (Wildman–Crippen LogP) is 1.71. The molecular weight excluding hydrogens is 228 g/mol. The molecule has 2 N–H and O–H groups in total. The molecule has 1 unspecified atom stereocenters. The van der Waals surface area contributed by atoms with Gasteiger partial charge in [-0.15, -0.1) is 0 Å². The Bertz CT molecular complexity index is 371.